The fourth-order valence-electron chi connectivity index (χ4n) is 3.08. The lowest BCUT2D eigenvalue weighted by Gasteiger charge is -2.12. The van der Waals surface area contributed by atoms with Crippen LogP contribution in [0.5, 0.6) is 5.75 Å². The summed E-state index contributed by atoms with van der Waals surface area (Å²) in [7, 11) is -4.25. The highest BCUT2D eigenvalue weighted by Crippen LogP contribution is 2.35. The number of rotatable bonds is 4. The van der Waals surface area contributed by atoms with E-state index >= 15 is 0 Å². The van der Waals surface area contributed by atoms with Crippen molar-refractivity contribution in [2.24, 2.45) is 7.05 Å². The normalized spacial score (nSPS) is 12.1. The van der Waals surface area contributed by atoms with Crippen LogP contribution in [0.3, 0.4) is 0 Å². The summed E-state index contributed by atoms with van der Waals surface area (Å²) >= 11 is 0. The average Bonchev–Trinajstić information content (AvgIpc) is 3.32. The summed E-state index contributed by atoms with van der Waals surface area (Å²) in [5.74, 6) is -1.91. The molecule has 0 atom stereocenters. The van der Waals surface area contributed by atoms with Crippen LogP contribution in [0.1, 0.15) is 5.56 Å². The van der Waals surface area contributed by atoms with Gasteiger partial charge in [0.15, 0.2) is 0 Å². The van der Waals surface area contributed by atoms with Gasteiger partial charge >= 0.3 is 15.6 Å². The highest BCUT2D eigenvalue weighted by atomic mass is 32.2. The molecule has 13 heteroatoms. The predicted octanol–water partition coefficient (Wildman–Crippen LogP) is 3.64. The summed E-state index contributed by atoms with van der Waals surface area (Å²) in [5.41, 5.74) is -3.91. The maximum absolute atomic E-state index is 14.9. The number of alkyl halides is 3. The van der Waals surface area contributed by atoms with E-state index in [0.29, 0.717) is 17.2 Å². The first-order valence-corrected chi connectivity index (χ1v) is 10.1. The third kappa shape index (κ3) is 3.65. The molecule has 0 N–H and O–H groups in total. The second-order valence-corrected chi connectivity index (χ2v) is 8.17. The van der Waals surface area contributed by atoms with Crippen LogP contribution in [0, 0.1) is 17.1 Å². The van der Waals surface area contributed by atoms with Gasteiger partial charge in [-0.3, -0.25) is 4.68 Å². The highest BCUT2D eigenvalue weighted by molar-refractivity contribution is 7.88. The summed E-state index contributed by atoms with van der Waals surface area (Å²) in [6.07, 6.45) is 6.17. The lowest BCUT2D eigenvalue weighted by Crippen LogP contribution is -2.28. The SMILES string of the molecule is Cn1cc(-c2cc(-c3ccc(OS(=O)(=O)C(F)(F)F)cc3F)c3c(C#N)cnn3c2)cn1. The molecule has 0 radical (unpaired) electrons. The number of halogens is 4. The van der Waals surface area contributed by atoms with Crippen LogP contribution >= 0.6 is 0 Å². The number of fused-ring (bicyclic) bond motifs is 1. The fraction of sp³-hybridized carbons (Fsp3) is 0.105. The van der Waals surface area contributed by atoms with E-state index in [0.717, 1.165) is 12.1 Å². The number of aromatic nitrogens is 4. The van der Waals surface area contributed by atoms with Gasteiger partial charge in [-0.1, -0.05) is 0 Å². The van der Waals surface area contributed by atoms with Crippen molar-refractivity contribution in [3.63, 3.8) is 0 Å². The Balaban J connectivity index is 1.87. The maximum Gasteiger partial charge on any atom is 0.534 e. The van der Waals surface area contributed by atoms with Crippen LogP contribution in [0.15, 0.2) is 49.1 Å². The molecule has 0 aliphatic carbocycles. The van der Waals surface area contributed by atoms with E-state index in [1.54, 1.807) is 36.4 Å². The van der Waals surface area contributed by atoms with E-state index in [2.05, 4.69) is 14.4 Å². The Kier molecular flexibility index (Phi) is 4.89. The number of pyridine rings is 1. The third-order valence-electron chi connectivity index (χ3n) is 4.49. The summed E-state index contributed by atoms with van der Waals surface area (Å²) in [5, 5.41) is 17.6. The molecule has 3 aromatic heterocycles. The van der Waals surface area contributed by atoms with Crippen LogP contribution in [0.2, 0.25) is 0 Å². The Morgan fingerprint density at radius 1 is 1.06 bits per heavy atom. The molecule has 0 aliphatic heterocycles. The Morgan fingerprint density at radius 2 is 1.81 bits per heavy atom. The van der Waals surface area contributed by atoms with E-state index < -0.39 is 27.2 Å². The number of aryl methyl sites for hydroxylation is 1. The quantitative estimate of drug-likeness (QED) is 0.259. The van der Waals surface area contributed by atoms with Crippen molar-refractivity contribution in [1.82, 2.24) is 19.4 Å². The monoisotopic (exact) mass is 465 g/mol. The molecule has 1 aromatic carbocycles. The van der Waals surface area contributed by atoms with Crippen LogP contribution in [-0.2, 0) is 17.2 Å². The molecule has 3 heterocycles. The number of hydrogen-bond donors (Lipinski definition) is 0. The largest absolute Gasteiger partial charge is 0.534 e. The van der Waals surface area contributed by atoms with E-state index in [1.165, 1.54) is 10.7 Å². The van der Waals surface area contributed by atoms with E-state index in [-0.39, 0.29) is 22.2 Å². The average molecular weight is 465 g/mol. The summed E-state index contributed by atoms with van der Waals surface area (Å²) in [4.78, 5) is 0. The molecule has 0 saturated heterocycles. The minimum Gasteiger partial charge on any atom is -0.376 e. The molecule has 0 bridgehead atoms. The molecule has 0 aliphatic rings. The maximum atomic E-state index is 14.9. The summed E-state index contributed by atoms with van der Waals surface area (Å²) in [6, 6.07) is 5.99. The predicted molar refractivity (Wildman–Crippen MR) is 103 cm³/mol. The number of nitriles is 1. The van der Waals surface area contributed by atoms with Crippen molar-refractivity contribution in [2.75, 3.05) is 0 Å². The zero-order valence-electron chi connectivity index (χ0n) is 16.0. The minimum absolute atomic E-state index is 0.102. The summed E-state index contributed by atoms with van der Waals surface area (Å²) in [6.45, 7) is 0. The summed E-state index contributed by atoms with van der Waals surface area (Å²) < 4.78 is 81.8. The lowest BCUT2D eigenvalue weighted by atomic mass is 9.99. The van der Waals surface area contributed by atoms with Gasteiger partial charge in [-0.25, -0.2) is 8.91 Å². The van der Waals surface area contributed by atoms with Crippen molar-refractivity contribution in [2.45, 2.75) is 5.51 Å². The zero-order valence-corrected chi connectivity index (χ0v) is 16.8. The molecular formula is C19H11F4N5O3S. The first-order chi connectivity index (χ1) is 15.0. The van der Waals surface area contributed by atoms with Gasteiger partial charge < -0.3 is 4.18 Å². The van der Waals surface area contributed by atoms with Crippen molar-refractivity contribution in [3.05, 3.63) is 60.4 Å². The molecule has 164 valence electrons. The van der Waals surface area contributed by atoms with Gasteiger partial charge in [0.25, 0.3) is 0 Å². The van der Waals surface area contributed by atoms with Gasteiger partial charge in [-0.15, -0.1) is 0 Å². The zero-order chi connectivity index (χ0) is 23.3. The smallest absolute Gasteiger partial charge is 0.376 e. The number of benzene rings is 1. The van der Waals surface area contributed by atoms with Gasteiger partial charge in [0.1, 0.15) is 17.6 Å². The third-order valence-corrected chi connectivity index (χ3v) is 5.47. The minimum atomic E-state index is -5.95. The molecule has 8 nitrogen and oxygen atoms in total. The van der Waals surface area contributed by atoms with Crippen LogP contribution in [0.25, 0.3) is 27.8 Å². The van der Waals surface area contributed by atoms with Gasteiger partial charge in [-0.2, -0.15) is 37.0 Å². The molecule has 4 aromatic rings. The molecule has 0 fully saturated rings. The molecule has 0 spiro atoms. The van der Waals surface area contributed by atoms with Crippen molar-refractivity contribution in [3.8, 4) is 34.1 Å². The number of hydrogen-bond acceptors (Lipinski definition) is 6. The second-order valence-electron chi connectivity index (χ2n) is 6.63. The van der Waals surface area contributed by atoms with Gasteiger partial charge in [0.2, 0.25) is 0 Å². The molecule has 0 amide bonds. The van der Waals surface area contributed by atoms with E-state index in [1.807, 2.05) is 6.07 Å². The second kappa shape index (κ2) is 7.34. The Bertz CT molecular complexity index is 1500. The van der Waals surface area contributed by atoms with Crippen LogP contribution in [-0.4, -0.2) is 33.3 Å². The van der Waals surface area contributed by atoms with Crippen molar-refractivity contribution >= 4 is 15.6 Å². The molecule has 0 saturated carbocycles. The highest BCUT2D eigenvalue weighted by Gasteiger charge is 2.48. The van der Waals surface area contributed by atoms with Gasteiger partial charge in [-0.05, 0) is 18.2 Å². The molecular weight excluding hydrogens is 454 g/mol. The van der Waals surface area contributed by atoms with Gasteiger partial charge in [0.05, 0.1) is 23.5 Å². The lowest BCUT2D eigenvalue weighted by molar-refractivity contribution is -0.0500. The Labute approximate surface area is 178 Å². The van der Waals surface area contributed by atoms with Crippen molar-refractivity contribution < 1.29 is 30.2 Å². The fourth-order valence-corrected chi connectivity index (χ4v) is 3.53. The van der Waals surface area contributed by atoms with Gasteiger partial charge in [0, 0.05) is 47.8 Å². The number of nitrogens with zero attached hydrogens (tertiary/aromatic N) is 5. The van der Waals surface area contributed by atoms with E-state index in [9.17, 15) is 31.2 Å². The molecule has 32 heavy (non-hydrogen) atoms. The molecule has 4 rings (SSSR count). The van der Waals surface area contributed by atoms with E-state index in [4.69, 9.17) is 0 Å². The van der Waals surface area contributed by atoms with Crippen molar-refractivity contribution in [1.29, 1.82) is 5.26 Å². The first-order valence-electron chi connectivity index (χ1n) is 8.71. The standard InChI is InChI=1S/C19H11F4N5O3S/c1-27-9-13(8-25-27)11-4-16(18-12(6-24)7-26-28(18)10-11)15-3-2-14(5-17(15)20)31-32(29,30)19(21,22)23/h2-5,7-10H,1H3. The van der Waals surface area contributed by atoms with Crippen LogP contribution in [0.4, 0.5) is 17.6 Å². The Morgan fingerprint density at radius 3 is 2.41 bits per heavy atom. The molecule has 0 unspecified atom stereocenters. The topological polar surface area (TPSA) is 102 Å². The first kappa shape index (κ1) is 21.3. The Hall–Kier alpha value is -3.92. The van der Waals surface area contributed by atoms with Crippen LogP contribution < -0.4 is 4.18 Å².